The third kappa shape index (κ3) is 6.04. The summed E-state index contributed by atoms with van der Waals surface area (Å²) in [5.41, 5.74) is 10.7. The van der Waals surface area contributed by atoms with E-state index in [0.717, 1.165) is 60.1 Å². The van der Waals surface area contributed by atoms with Crippen LogP contribution in [0.2, 0.25) is 0 Å². The van der Waals surface area contributed by atoms with Crippen LogP contribution in [-0.2, 0) is 22.6 Å². The predicted molar refractivity (Wildman–Crippen MR) is 152 cm³/mol. The van der Waals surface area contributed by atoms with Crippen LogP contribution in [0.15, 0.2) is 78.9 Å². The molecule has 5 rings (SSSR count). The minimum Gasteiger partial charge on any atom is -0.396 e. The molecule has 7 nitrogen and oxygen atoms in total. The van der Waals surface area contributed by atoms with Gasteiger partial charge in [0.25, 0.3) is 0 Å². The maximum Gasteiger partial charge on any atom is 0.244 e. The van der Waals surface area contributed by atoms with Crippen LogP contribution < -0.4 is 11.1 Å². The molecule has 1 aliphatic rings. The van der Waals surface area contributed by atoms with Crippen molar-refractivity contribution in [3.05, 3.63) is 101 Å². The van der Waals surface area contributed by atoms with Gasteiger partial charge in [-0.15, -0.1) is 0 Å². The third-order valence-corrected chi connectivity index (χ3v) is 7.85. The van der Waals surface area contributed by atoms with E-state index in [9.17, 15) is 14.7 Å². The highest BCUT2D eigenvalue weighted by molar-refractivity contribution is 5.89. The van der Waals surface area contributed by atoms with Crippen molar-refractivity contribution in [1.29, 1.82) is 0 Å². The van der Waals surface area contributed by atoms with E-state index in [4.69, 9.17) is 10.7 Å². The number of rotatable bonds is 10. The van der Waals surface area contributed by atoms with Gasteiger partial charge in [-0.3, -0.25) is 9.59 Å². The van der Waals surface area contributed by atoms with Crippen LogP contribution in [0.25, 0.3) is 11.0 Å². The minimum absolute atomic E-state index is 0.0892. The topological polar surface area (TPSA) is 110 Å². The summed E-state index contributed by atoms with van der Waals surface area (Å²) in [7, 11) is 0. The molecule has 1 saturated carbocycles. The van der Waals surface area contributed by atoms with Crippen molar-refractivity contribution >= 4 is 22.8 Å². The molecule has 0 bridgehead atoms. The SMILES string of the molecule is NC(=O)[C@@H](NC(=O)[C@@H]1CCCCC1c1ccc(Cn2c(CCCO)nc3ccccc32)cc1)c1ccccc1. The van der Waals surface area contributed by atoms with E-state index in [-0.39, 0.29) is 24.3 Å². The number of fused-ring (bicyclic) bond motifs is 1. The second kappa shape index (κ2) is 12.3. The molecule has 202 valence electrons. The predicted octanol–water partition coefficient (Wildman–Crippen LogP) is 4.63. The lowest BCUT2D eigenvalue weighted by Gasteiger charge is -2.32. The highest BCUT2D eigenvalue weighted by atomic mass is 16.3. The smallest absolute Gasteiger partial charge is 0.244 e. The van der Waals surface area contributed by atoms with Gasteiger partial charge >= 0.3 is 0 Å². The van der Waals surface area contributed by atoms with Crippen molar-refractivity contribution in [2.75, 3.05) is 6.61 Å². The Morgan fingerprint density at radius 1 is 0.974 bits per heavy atom. The Balaban J connectivity index is 1.33. The Morgan fingerprint density at radius 2 is 1.69 bits per heavy atom. The fourth-order valence-electron chi connectivity index (χ4n) is 5.84. The molecule has 4 N–H and O–H groups in total. The van der Waals surface area contributed by atoms with Gasteiger partial charge in [-0.1, -0.05) is 79.6 Å². The first kappa shape index (κ1) is 26.6. The van der Waals surface area contributed by atoms with Crippen LogP contribution in [0.4, 0.5) is 0 Å². The normalized spacial score (nSPS) is 18.1. The highest BCUT2D eigenvalue weighted by Gasteiger charge is 2.34. The number of benzene rings is 3. The van der Waals surface area contributed by atoms with Crippen LogP contribution >= 0.6 is 0 Å². The van der Waals surface area contributed by atoms with Crippen molar-refractivity contribution in [2.24, 2.45) is 11.7 Å². The van der Waals surface area contributed by atoms with Gasteiger partial charge in [-0.25, -0.2) is 4.98 Å². The second-order valence-electron chi connectivity index (χ2n) is 10.4. The Bertz CT molecular complexity index is 1410. The number of carbonyl (C=O) groups excluding carboxylic acids is 2. The average Bonchev–Trinajstić information content (AvgIpc) is 3.32. The van der Waals surface area contributed by atoms with Crippen LogP contribution in [0.1, 0.15) is 66.6 Å². The molecule has 3 aromatic carbocycles. The number of primary amides is 1. The van der Waals surface area contributed by atoms with Crippen molar-refractivity contribution < 1.29 is 14.7 Å². The molecule has 7 heteroatoms. The Labute approximate surface area is 229 Å². The molecular formula is C32H36N4O3. The van der Waals surface area contributed by atoms with Gasteiger partial charge in [-0.2, -0.15) is 0 Å². The quantitative estimate of drug-likeness (QED) is 0.281. The molecule has 1 unspecified atom stereocenters. The summed E-state index contributed by atoms with van der Waals surface area (Å²) in [4.78, 5) is 30.4. The van der Waals surface area contributed by atoms with Gasteiger partial charge in [0.05, 0.1) is 11.0 Å². The highest BCUT2D eigenvalue weighted by Crippen LogP contribution is 2.38. The van der Waals surface area contributed by atoms with E-state index in [2.05, 4.69) is 40.2 Å². The van der Waals surface area contributed by atoms with Crippen molar-refractivity contribution in [3.63, 3.8) is 0 Å². The number of hydrogen-bond acceptors (Lipinski definition) is 4. The van der Waals surface area contributed by atoms with E-state index in [0.29, 0.717) is 18.5 Å². The Hall–Kier alpha value is -3.97. The first-order valence-electron chi connectivity index (χ1n) is 13.8. The van der Waals surface area contributed by atoms with Gasteiger partial charge in [0.15, 0.2) is 0 Å². The van der Waals surface area contributed by atoms with Crippen LogP contribution in [0, 0.1) is 5.92 Å². The summed E-state index contributed by atoms with van der Waals surface area (Å²) < 4.78 is 2.23. The number of nitrogens with zero attached hydrogens (tertiary/aromatic N) is 2. The standard InChI is InChI=1S/C32H36N4O3/c33-31(38)30(24-9-2-1-3-10-24)35-32(39)26-12-5-4-11-25(26)23-18-16-22(17-19-23)21-36-28-14-7-6-13-27(28)34-29(36)15-8-20-37/h1-3,6-7,9-10,13-14,16-19,25-26,30,37H,4-5,8,11-12,15,20-21H2,(H2,33,38)(H,35,39)/t25?,26-,30+/m1/s1. The van der Waals surface area contributed by atoms with E-state index in [1.165, 1.54) is 0 Å². The number of carbonyl (C=O) groups is 2. The van der Waals surface area contributed by atoms with Crippen LogP contribution in [0.5, 0.6) is 0 Å². The van der Waals surface area contributed by atoms with E-state index in [1.807, 2.05) is 48.5 Å². The number of amides is 2. The molecular weight excluding hydrogens is 488 g/mol. The molecule has 0 aliphatic heterocycles. The first-order chi connectivity index (χ1) is 19.0. The lowest BCUT2D eigenvalue weighted by molar-refractivity contribution is -0.131. The lowest BCUT2D eigenvalue weighted by atomic mass is 9.74. The Kier molecular flexibility index (Phi) is 8.37. The Morgan fingerprint density at radius 3 is 2.44 bits per heavy atom. The number of nitrogens with one attached hydrogen (secondary N) is 1. The molecule has 0 saturated heterocycles. The molecule has 2 amide bonds. The summed E-state index contributed by atoms with van der Waals surface area (Å²) in [6, 6.07) is 25.0. The molecule has 1 aliphatic carbocycles. The molecule has 1 heterocycles. The fraction of sp³-hybridized carbons (Fsp3) is 0.344. The summed E-state index contributed by atoms with van der Waals surface area (Å²) >= 11 is 0. The number of hydrogen-bond donors (Lipinski definition) is 3. The maximum absolute atomic E-state index is 13.4. The minimum atomic E-state index is -0.839. The van der Waals surface area contributed by atoms with Crippen LogP contribution in [-0.4, -0.2) is 33.1 Å². The number of aliphatic hydroxyl groups is 1. The number of aryl methyl sites for hydroxylation is 1. The number of para-hydroxylation sites is 2. The van der Waals surface area contributed by atoms with Crippen LogP contribution in [0.3, 0.4) is 0 Å². The zero-order valence-electron chi connectivity index (χ0n) is 22.1. The van der Waals surface area contributed by atoms with Gasteiger partial charge in [0.1, 0.15) is 11.9 Å². The van der Waals surface area contributed by atoms with Gasteiger partial charge in [0, 0.05) is 25.5 Å². The maximum atomic E-state index is 13.4. The lowest BCUT2D eigenvalue weighted by Crippen LogP contribution is -2.42. The molecule has 3 atom stereocenters. The summed E-state index contributed by atoms with van der Waals surface area (Å²) in [6.45, 7) is 0.826. The second-order valence-corrected chi connectivity index (χ2v) is 10.4. The van der Waals surface area contributed by atoms with Crippen molar-refractivity contribution in [3.8, 4) is 0 Å². The monoisotopic (exact) mass is 524 g/mol. The van der Waals surface area contributed by atoms with Gasteiger partial charge in [0.2, 0.25) is 11.8 Å². The van der Waals surface area contributed by atoms with E-state index in [1.54, 1.807) is 0 Å². The summed E-state index contributed by atoms with van der Waals surface area (Å²) in [5, 5.41) is 12.3. The summed E-state index contributed by atoms with van der Waals surface area (Å²) in [6.07, 6.45) is 5.17. The fourth-order valence-corrected chi connectivity index (χ4v) is 5.84. The number of aliphatic hydroxyl groups excluding tert-OH is 1. The zero-order valence-corrected chi connectivity index (χ0v) is 22.1. The average molecular weight is 525 g/mol. The summed E-state index contributed by atoms with van der Waals surface area (Å²) in [5.74, 6) is 0.177. The van der Waals surface area contributed by atoms with Gasteiger partial charge < -0.3 is 20.7 Å². The van der Waals surface area contributed by atoms with E-state index >= 15 is 0 Å². The molecule has 0 spiro atoms. The largest absolute Gasteiger partial charge is 0.396 e. The number of nitrogens with two attached hydrogens (primary N) is 1. The number of imidazole rings is 1. The third-order valence-electron chi connectivity index (χ3n) is 7.85. The van der Waals surface area contributed by atoms with Crippen molar-refractivity contribution in [1.82, 2.24) is 14.9 Å². The molecule has 4 aromatic rings. The van der Waals surface area contributed by atoms with Gasteiger partial charge in [-0.05, 0) is 54.0 Å². The van der Waals surface area contributed by atoms with E-state index < -0.39 is 11.9 Å². The first-order valence-corrected chi connectivity index (χ1v) is 13.8. The zero-order chi connectivity index (χ0) is 27.2. The molecule has 1 aromatic heterocycles. The van der Waals surface area contributed by atoms with Crippen molar-refractivity contribution in [2.45, 2.75) is 57.0 Å². The molecule has 1 fully saturated rings. The number of aromatic nitrogens is 2. The molecule has 0 radical (unpaired) electrons. The molecule has 39 heavy (non-hydrogen) atoms.